The van der Waals surface area contributed by atoms with Crippen LogP contribution < -0.4 is 10.4 Å². The normalized spacial score (nSPS) is 32.3. The molecule has 3 heterocycles. The largest absolute Gasteiger partial charge is 0.502 e. The van der Waals surface area contributed by atoms with Gasteiger partial charge in [-0.05, 0) is 50.0 Å². The van der Waals surface area contributed by atoms with E-state index in [-0.39, 0.29) is 29.5 Å². The Labute approximate surface area is 199 Å². The summed E-state index contributed by atoms with van der Waals surface area (Å²) in [5.41, 5.74) is -0.453. The summed E-state index contributed by atoms with van der Waals surface area (Å²) in [5, 5.41) is 12.9. The van der Waals surface area contributed by atoms with E-state index < -0.39 is 11.2 Å². The second kappa shape index (κ2) is 8.53. The minimum absolute atomic E-state index is 0.00872. The zero-order valence-corrected chi connectivity index (χ0v) is 19.3. The number of aromatic hydroxyl groups is 1. The number of ether oxygens (including phenoxy) is 1. The van der Waals surface area contributed by atoms with Gasteiger partial charge in [-0.1, -0.05) is 36.5 Å². The van der Waals surface area contributed by atoms with Gasteiger partial charge in [-0.3, -0.25) is 19.3 Å². The minimum Gasteiger partial charge on any atom is -0.502 e. The van der Waals surface area contributed by atoms with Gasteiger partial charge >= 0.3 is 0 Å². The van der Waals surface area contributed by atoms with Gasteiger partial charge < -0.3 is 14.7 Å². The van der Waals surface area contributed by atoms with E-state index in [1.165, 1.54) is 6.07 Å². The van der Waals surface area contributed by atoms with Gasteiger partial charge in [0.25, 0.3) is 5.91 Å². The molecule has 4 unspecified atom stereocenters. The van der Waals surface area contributed by atoms with Gasteiger partial charge in [-0.15, -0.1) is 0 Å². The Bertz CT molecular complexity index is 1160. The monoisotopic (exact) mass is 461 g/mol. The summed E-state index contributed by atoms with van der Waals surface area (Å²) in [6.45, 7) is 1.68. The molecule has 7 heteroatoms. The Kier molecular flexibility index (Phi) is 5.35. The van der Waals surface area contributed by atoms with Gasteiger partial charge in [-0.25, -0.2) is 0 Å². The Morgan fingerprint density at radius 1 is 0.971 bits per heavy atom. The van der Waals surface area contributed by atoms with E-state index in [0.717, 1.165) is 37.9 Å². The van der Waals surface area contributed by atoms with Gasteiger partial charge in [0.1, 0.15) is 12.4 Å². The number of rotatable bonds is 0. The van der Waals surface area contributed by atoms with Gasteiger partial charge in [0.15, 0.2) is 11.4 Å². The second-order valence-corrected chi connectivity index (χ2v) is 10.0. The van der Waals surface area contributed by atoms with Crippen molar-refractivity contribution >= 4 is 5.91 Å². The fourth-order valence-corrected chi connectivity index (χ4v) is 6.48. The maximum Gasteiger partial charge on any atom is 0.277 e. The highest BCUT2D eigenvalue weighted by Crippen LogP contribution is 2.46. The Hall–Kier alpha value is -3.22. The molecule has 5 aliphatic rings. The van der Waals surface area contributed by atoms with E-state index in [0.29, 0.717) is 31.7 Å². The molecule has 6 rings (SSSR count). The van der Waals surface area contributed by atoms with Crippen molar-refractivity contribution in [2.45, 2.75) is 38.1 Å². The highest BCUT2D eigenvalue weighted by molar-refractivity contribution is 5.96. The van der Waals surface area contributed by atoms with Crippen molar-refractivity contribution in [3.63, 3.8) is 0 Å². The Balaban J connectivity index is 1.56. The maximum atomic E-state index is 13.4. The van der Waals surface area contributed by atoms with Crippen LogP contribution in [0, 0.1) is 23.7 Å². The summed E-state index contributed by atoms with van der Waals surface area (Å²) in [5.74, 6) is 1.29. The number of carbonyl (C=O) groups is 1. The topological polar surface area (TPSA) is 75.0 Å². The molecule has 3 aliphatic carbocycles. The summed E-state index contributed by atoms with van der Waals surface area (Å²) in [7, 11) is 0. The van der Waals surface area contributed by atoms with Crippen molar-refractivity contribution < 1.29 is 14.6 Å². The Morgan fingerprint density at radius 2 is 1.79 bits per heavy atom. The van der Waals surface area contributed by atoms with E-state index in [4.69, 9.17) is 4.74 Å². The lowest BCUT2D eigenvalue weighted by Gasteiger charge is -2.50. The predicted octanol–water partition coefficient (Wildman–Crippen LogP) is 3.31. The van der Waals surface area contributed by atoms with Crippen LogP contribution in [0.2, 0.25) is 0 Å². The second-order valence-electron chi connectivity index (χ2n) is 10.0. The van der Waals surface area contributed by atoms with Crippen LogP contribution in [-0.2, 0) is 4.74 Å². The van der Waals surface area contributed by atoms with Crippen LogP contribution in [0.4, 0.5) is 0 Å². The first-order valence-electron chi connectivity index (χ1n) is 12.5. The van der Waals surface area contributed by atoms with E-state index in [1.807, 2.05) is 0 Å². The SMILES string of the molecule is O=C1c2c(O)c(=O)ccn2N2CN1CCCCCOC1=CC=CC3CCC4C=CC=CC4[C@@H]2C13. The van der Waals surface area contributed by atoms with Crippen molar-refractivity contribution in [2.24, 2.45) is 23.7 Å². The molecular weight excluding hydrogens is 430 g/mol. The molecular formula is C27H31N3O4. The molecule has 1 aromatic heterocycles. The van der Waals surface area contributed by atoms with Crippen LogP contribution >= 0.6 is 0 Å². The molecule has 1 amide bonds. The number of nitrogens with zero attached hydrogens (tertiary/aromatic N) is 3. The third kappa shape index (κ3) is 3.40. The van der Waals surface area contributed by atoms with Gasteiger partial charge in [0.2, 0.25) is 5.43 Å². The van der Waals surface area contributed by atoms with E-state index in [2.05, 4.69) is 47.5 Å². The molecule has 7 nitrogen and oxygen atoms in total. The number of hydrogen-bond acceptors (Lipinski definition) is 5. The van der Waals surface area contributed by atoms with Crippen LogP contribution in [0.1, 0.15) is 42.6 Å². The molecule has 0 spiro atoms. The fraction of sp³-hybridized carbons (Fsp3) is 0.481. The number of pyridine rings is 1. The average Bonchev–Trinajstić information content (AvgIpc) is 3.01. The summed E-state index contributed by atoms with van der Waals surface area (Å²) in [6.07, 6.45) is 21.9. The lowest BCUT2D eigenvalue weighted by molar-refractivity contribution is 0.0611. The molecule has 1 N–H and O–H groups in total. The van der Waals surface area contributed by atoms with Crippen LogP contribution in [-0.4, -0.2) is 46.5 Å². The van der Waals surface area contributed by atoms with Crippen LogP contribution in [0.25, 0.3) is 0 Å². The fourth-order valence-electron chi connectivity index (χ4n) is 6.48. The summed E-state index contributed by atoms with van der Waals surface area (Å²) in [6, 6.07) is 1.35. The van der Waals surface area contributed by atoms with Gasteiger partial charge in [-0.2, -0.15) is 0 Å². The molecule has 1 saturated carbocycles. The molecule has 5 atom stereocenters. The van der Waals surface area contributed by atoms with Crippen molar-refractivity contribution in [2.75, 3.05) is 24.8 Å². The van der Waals surface area contributed by atoms with Crippen molar-refractivity contribution in [3.05, 3.63) is 76.5 Å². The number of allylic oxidation sites excluding steroid dienone is 6. The highest BCUT2D eigenvalue weighted by Gasteiger charge is 2.48. The van der Waals surface area contributed by atoms with E-state index in [1.54, 1.807) is 15.8 Å². The van der Waals surface area contributed by atoms with Crippen LogP contribution in [0.5, 0.6) is 5.75 Å². The first-order chi connectivity index (χ1) is 16.6. The predicted molar refractivity (Wildman–Crippen MR) is 129 cm³/mol. The lowest BCUT2D eigenvalue weighted by Crippen LogP contribution is -2.62. The van der Waals surface area contributed by atoms with Crippen molar-refractivity contribution in [3.8, 4) is 5.75 Å². The third-order valence-electron chi connectivity index (χ3n) is 8.12. The minimum atomic E-state index is -0.524. The zero-order valence-electron chi connectivity index (χ0n) is 19.3. The number of fused-ring (bicyclic) bond motifs is 7. The zero-order chi connectivity index (χ0) is 23.2. The first kappa shape index (κ1) is 21.3. The summed E-state index contributed by atoms with van der Waals surface area (Å²) in [4.78, 5) is 27.6. The summed E-state index contributed by atoms with van der Waals surface area (Å²) >= 11 is 0. The molecule has 34 heavy (non-hydrogen) atoms. The smallest absolute Gasteiger partial charge is 0.277 e. The van der Waals surface area contributed by atoms with Gasteiger partial charge in [0, 0.05) is 30.6 Å². The molecule has 1 saturated heterocycles. The van der Waals surface area contributed by atoms with Crippen molar-refractivity contribution in [1.29, 1.82) is 0 Å². The van der Waals surface area contributed by atoms with Crippen LogP contribution in [0.15, 0.2) is 65.3 Å². The number of aromatic nitrogens is 1. The Morgan fingerprint density at radius 3 is 2.71 bits per heavy atom. The lowest BCUT2D eigenvalue weighted by atomic mass is 9.74. The molecule has 0 aromatic carbocycles. The number of amides is 1. The molecule has 2 aliphatic heterocycles. The van der Waals surface area contributed by atoms with Crippen molar-refractivity contribution in [1.82, 2.24) is 9.58 Å². The summed E-state index contributed by atoms with van der Waals surface area (Å²) < 4.78 is 8.18. The number of hydrogen-bond donors (Lipinski definition) is 1. The standard InChI is InChI=1S/C27H31N3O4/c31-21-13-15-29-25(26(21)32)27(33)28-14-4-1-5-16-34-22-10-6-8-19-12-11-18-7-2-3-9-20(18)24(23(19)22)30(29)17-28/h2-3,6-10,13,15,18-20,23-24,32H,1,4-5,11-12,14,16-17H2/t18?,19?,20?,23?,24-/m1/s1. The van der Waals surface area contributed by atoms with Gasteiger partial charge in [0.05, 0.1) is 12.6 Å². The molecule has 178 valence electrons. The van der Waals surface area contributed by atoms with Crippen LogP contribution in [0.3, 0.4) is 0 Å². The third-order valence-corrected chi connectivity index (χ3v) is 8.12. The molecule has 2 fully saturated rings. The van der Waals surface area contributed by atoms with E-state index in [9.17, 15) is 14.7 Å². The quantitative estimate of drug-likeness (QED) is 0.642. The van der Waals surface area contributed by atoms with E-state index >= 15 is 0 Å². The highest BCUT2D eigenvalue weighted by atomic mass is 16.5. The molecule has 2 bridgehead atoms. The molecule has 0 radical (unpaired) electrons. The average molecular weight is 462 g/mol. The maximum absolute atomic E-state index is 13.4. The number of carbonyl (C=O) groups excluding carboxylic acids is 1. The molecule has 1 aromatic rings. The first-order valence-corrected chi connectivity index (χ1v) is 12.5.